The van der Waals surface area contributed by atoms with Crippen molar-refractivity contribution in [2.45, 2.75) is 24.4 Å². The monoisotopic (exact) mass is 321 g/mol. The lowest BCUT2D eigenvalue weighted by molar-refractivity contribution is -0.387. The lowest BCUT2D eigenvalue weighted by Crippen LogP contribution is -2.40. The summed E-state index contributed by atoms with van der Waals surface area (Å²) >= 11 is 0. The van der Waals surface area contributed by atoms with Crippen LogP contribution >= 0.6 is 0 Å². The van der Waals surface area contributed by atoms with E-state index in [4.69, 9.17) is 0 Å². The summed E-state index contributed by atoms with van der Waals surface area (Å²) in [6.07, 6.45) is 1.90. The third-order valence-corrected chi connectivity index (χ3v) is 5.95. The third-order valence-electron chi connectivity index (χ3n) is 3.93. The predicted molar refractivity (Wildman–Crippen MR) is 79.8 cm³/mol. The third kappa shape index (κ3) is 2.20. The highest BCUT2D eigenvalue weighted by molar-refractivity contribution is 7.89. The molecule has 116 valence electrons. The zero-order valence-electron chi connectivity index (χ0n) is 11.9. The molecule has 3 rings (SSSR count). The molecule has 0 bridgehead atoms. The van der Waals surface area contributed by atoms with Gasteiger partial charge in [0.15, 0.2) is 4.90 Å². The van der Waals surface area contributed by atoms with Crippen molar-refractivity contribution in [3.8, 4) is 0 Å². The minimum atomic E-state index is -3.93. The van der Waals surface area contributed by atoms with Crippen LogP contribution in [0.2, 0.25) is 0 Å². The molecule has 1 atom stereocenters. The first-order valence-electron chi connectivity index (χ1n) is 6.83. The predicted octanol–water partition coefficient (Wildman–Crippen LogP) is 2.16. The molecule has 0 spiro atoms. The molecule has 2 aromatic rings. The van der Waals surface area contributed by atoms with Gasteiger partial charge in [0, 0.05) is 31.0 Å². The van der Waals surface area contributed by atoms with E-state index < -0.39 is 20.6 Å². The second kappa shape index (κ2) is 5.22. The normalized spacial score (nSPS) is 18.9. The maximum absolute atomic E-state index is 12.9. The molecule has 0 unspecified atom stereocenters. The molecule has 2 heterocycles. The SMILES string of the molecule is C[C@@H]1c2cccn2CCN1S(=O)(=O)c1ccccc1[N+](=O)[O-]. The van der Waals surface area contributed by atoms with Crippen LogP contribution in [0.25, 0.3) is 0 Å². The van der Waals surface area contributed by atoms with Crippen LogP contribution in [0.3, 0.4) is 0 Å². The molecule has 1 aromatic heterocycles. The largest absolute Gasteiger partial charge is 0.349 e. The molecule has 0 saturated heterocycles. The molecule has 7 nitrogen and oxygen atoms in total. The van der Waals surface area contributed by atoms with Crippen molar-refractivity contribution in [2.75, 3.05) is 6.54 Å². The lowest BCUT2D eigenvalue weighted by Gasteiger charge is -2.33. The van der Waals surface area contributed by atoms with Gasteiger partial charge in [-0.25, -0.2) is 8.42 Å². The highest BCUT2D eigenvalue weighted by Gasteiger charge is 2.37. The zero-order chi connectivity index (χ0) is 15.9. The fourth-order valence-corrected chi connectivity index (χ4v) is 4.59. The Morgan fingerprint density at radius 3 is 2.64 bits per heavy atom. The van der Waals surface area contributed by atoms with Gasteiger partial charge in [-0.2, -0.15) is 4.31 Å². The van der Waals surface area contributed by atoms with Crippen LogP contribution in [0.15, 0.2) is 47.5 Å². The summed E-state index contributed by atoms with van der Waals surface area (Å²) in [6, 6.07) is 8.82. The molecule has 22 heavy (non-hydrogen) atoms. The molecule has 1 aliphatic heterocycles. The second-order valence-electron chi connectivity index (χ2n) is 5.14. The maximum atomic E-state index is 12.9. The van der Waals surface area contributed by atoms with Gasteiger partial charge in [0.05, 0.1) is 11.0 Å². The summed E-state index contributed by atoms with van der Waals surface area (Å²) in [4.78, 5) is 10.2. The Labute approximate surface area is 128 Å². The fourth-order valence-electron chi connectivity index (χ4n) is 2.84. The molecule has 1 aliphatic rings. The Hall–Kier alpha value is -2.19. The van der Waals surface area contributed by atoms with Crippen molar-refractivity contribution in [1.29, 1.82) is 0 Å². The van der Waals surface area contributed by atoms with Crippen LogP contribution in [0.5, 0.6) is 0 Å². The van der Waals surface area contributed by atoms with E-state index in [9.17, 15) is 18.5 Å². The van der Waals surface area contributed by atoms with E-state index in [2.05, 4.69) is 0 Å². The van der Waals surface area contributed by atoms with E-state index >= 15 is 0 Å². The minimum Gasteiger partial charge on any atom is -0.349 e. The smallest absolute Gasteiger partial charge is 0.289 e. The van der Waals surface area contributed by atoms with E-state index in [0.29, 0.717) is 6.54 Å². The van der Waals surface area contributed by atoms with E-state index in [0.717, 1.165) is 5.69 Å². The van der Waals surface area contributed by atoms with Crippen LogP contribution in [0, 0.1) is 10.1 Å². The van der Waals surface area contributed by atoms with Gasteiger partial charge in [-0.1, -0.05) is 12.1 Å². The van der Waals surface area contributed by atoms with Crippen LogP contribution in [-0.4, -0.2) is 28.8 Å². The Balaban J connectivity index is 2.07. The number of nitrogens with zero attached hydrogens (tertiary/aromatic N) is 3. The first kappa shape index (κ1) is 14.7. The van der Waals surface area contributed by atoms with E-state index in [1.54, 1.807) is 6.92 Å². The summed E-state index contributed by atoms with van der Waals surface area (Å²) in [6.45, 7) is 2.61. The fraction of sp³-hybridized carbons (Fsp3) is 0.286. The highest BCUT2D eigenvalue weighted by Crippen LogP contribution is 2.34. The Morgan fingerprint density at radius 1 is 1.18 bits per heavy atom. The summed E-state index contributed by atoms with van der Waals surface area (Å²) in [5.74, 6) is 0. The summed E-state index contributed by atoms with van der Waals surface area (Å²) < 4.78 is 29.1. The standard InChI is InChI=1S/C14H15N3O4S/c1-11-12-6-4-8-15(12)9-10-16(11)22(20,21)14-7-3-2-5-13(14)17(18)19/h2-8,11H,9-10H2,1H3/t11-/m1/s1. The quantitative estimate of drug-likeness (QED) is 0.640. The van der Waals surface area contributed by atoms with Crippen LogP contribution in [0.1, 0.15) is 18.7 Å². The van der Waals surface area contributed by atoms with Crippen molar-refractivity contribution >= 4 is 15.7 Å². The van der Waals surface area contributed by atoms with Crippen molar-refractivity contribution in [3.63, 3.8) is 0 Å². The number of hydrogen-bond donors (Lipinski definition) is 0. The molecular weight excluding hydrogens is 306 g/mol. The number of sulfonamides is 1. The Kier molecular flexibility index (Phi) is 3.50. The lowest BCUT2D eigenvalue weighted by atomic mass is 10.2. The average molecular weight is 321 g/mol. The number of aromatic nitrogens is 1. The van der Waals surface area contributed by atoms with Crippen molar-refractivity contribution in [3.05, 3.63) is 58.4 Å². The molecule has 0 N–H and O–H groups in total. The number of para-hydroxylation sites is 1. The molecule has 0 radical (unpaired) electrons. The van der Waals surface area contributed by atoms with Crippen molar-refractivity contribution < 1.29 is 13.3 Å². The van der Waals surface area contributed by atoms with Gasteiger partial charge in [-0.3, -0.25) is 10.1 Å². The molecular formula is C14H15N3O4S. The van der Waals surface area contributed by atoms with Crippen LogP contribution in [0.4, 0.5) is 5.69 Å². The molecule has 0 fully saturated rings. The molecule has 0 saturated carbocycles. The Bertz CT molecular complexity index is 828. The summed E-state index contributed by atoms with van der Waals surface area (Å²) in [7, 11) is -3.93. The first-order chi connectivity index (χ1) is 10.4. The molecule has 0 aliphatic carbocycles. The van der Waals surface area contributed by atoms with Gasteiger partial charge < -0.3 is 4.57 Å². The van der Waals surface area contributed by atoms with Gasteiger partial charge >= 0.3 is 0 Å². The van der Waals surface area contributed by atoms with Gasteiger partial charge in [-0.05, 0) is 25.1 Å². The molecule has 8 heteroatoms. The van der Waals surface area contributed by atoms with E-state index in [-0.39, 0.29) is 17.5 Å². The number of nitro benzene ring substituents is 1. The number of benzene rings is 1. The topological polar surface area (TPSA) is 85.5 Å². The van der Waals surface area contributed by atoms with Gasteiger partial charge in [0.1, 0.15) is 0 Å². The number of fused-ring (bicyclic) bond motifs is 1. The average Bonchev–Trinajstić information content (AvgIpc) is 2.96. The van der Waals surface area contributed by atoms with E-state index in [1.165, 1.54) is 28.6 Å². The van der Waals surface area contributed by atoms with E-state index in [1.807, 2.05) is 22.9 Å². The first-order valence-corrected chi connectivity index (χ1v) is 8.27. The number of hydrogen-bond acceptors (Lipinski definition) is 4. The Morgan fingerprint density at radius 2 is 1.91 bits per heavy atom. The zero-order valence-corrected chi connectivity index (χ0v) is 12.7. The summed E-state index contributed by atoms with van der Waals surface area (Å²) in [5, 5.41) is 11.1. The number of rotatable bonds is 3. The van der Waals surface area contributed by atoms with Gasteiger partial charge in [0.25, 0.3) is 15.7 Å². The second-order valence-corrected chi connectivity index (χ2v) is 7.00. The maximum Gasteiger partial charge on any atom is 0.289 e. The number of nitro groups is 1. The molecule has 1 aromatic carbocycles. The van der Waals surface area contributed by atoms with Gasteiger partial charge in [0.2, 0.25) is 0 Å². The van der Waals surface area contributed by atoms with Crippen molar-refractivity contribution in [1.82, 2.24) is 8.87 Å². The minimum absolute atomic E-state index is 0.258. The highest BCUT2D eigenvalue weighted by atomic mass is 32.2. The van der Waals surface area contributed by atoms with Crippen molar-refractivity contribution in [2.24, 2.45) is 0 Å². The van der Waals surface area contributed by atoms with Crippen LogP contribution in [-0.2, 0) is 16.6 Å². The summed E-state index contributed by atoms with van der Waals surface area (Å²) in [5.41, 5.74) is 0.490. The van der Waals surface area contributed by atoms with Gasteiger partial charge in [-0.15, -0.1) is 0 Å². The van der Waals surface area contributed by atoms with Crippen LogP contribution < -0.4 is 0 Å². The molecule has 0 amide bonds.